The molecule has 2 aromatic heterocycles. The Morgan fingerprint density at radius 1 is 1.33 bits per heavy atom. The summed E-state index contributed by atoms with van der Waals surface area (Å²) in [6.45, 7) is 3.98. The quantitative estimate of drug-likeness (QED) is 0.901. The van der Waals surface area contributed by atoms with Crippen molar-refractivity contribution in [2.45, 2.75) is 44.7 Å². The van der Waals surface area contributed by atoms with E-state index in [1.807, 2.05) is 17.5 Å². The second-order valence-electron chi connectivity index (χ2n) is 6.69. The minimum Gasteiger partial charge on any atom is -0.418 e. The molecule has 1 aliphatic heterocycles. The fraction of sp³-hybridized carbons (Fsp3) is 0.588. The van der Waals surface area contributed by atoms with Crippen LogP contribution in [0.5, 0.6) is 0 Å². The first-order valence-corrected chi connectivity index (χ1v) is 9.50. The molecule has 3 heterocycles. The minimum atomic E-state index is 0.103. The van der Waals surface area contributed by atoms with Crippen molar-refractivity contribution in [3.05, 3.63) is 23.4 Å². The Kier molecular flexibility index (Phi) is 4.37. The highest BCUT2D eigenvalue weighted by molar-refractivity contribution is 7.13. The molecule has 1 saturated heterocycles. The van der Waals surface area contributed by atoms with Gasteiger partial charge in [-0.1, -0.05) is 6.07 Å². The number of piperidine rings is 1. The molecule has 0 aromatic carbocycles. The van der Waals surface area contributed by atoms with E-state index < -0.39 is 0 Å². The van der Waals surface area contributed by atoms with Gasteiger partial charge < -0.3 is 9.73 Å². The van der Waals surface area contributed by atoms with Gasteiger partial charge in [0.25, 0.3) is 5.89 Å². The van der Waals surface area contributed by atoms with E-state index >= 15 is 0 Å². The van der Waals surface area contributed by atoms with E-state index in [1.54, 1.807) is 11.3 Å². The molecule has 7 heteroatoms. The molecular weight excluding hydrogens is 324 g/mol. The third-order valence-electron chi connectivity index (χ3n) is 4.90. The van der Waals surface area contributed by atoms with Crippen LogP contribution in [0, 0.1) is 5.92 Å². The van der Waals surface area contributed by atoms with Crippen molar-refractivity contribution in [3.8, 4) is 10.8 Å². The Bertz CT molecular complexity index is 687. The fourth-order valence-corrected chi connectivity index (χ4v) is 3.80. The summed E-state index contributed by atoms with van der Waals surface area (Å²) in [6.07, 6.45) is 4.08. The van der Waals surface area contributed by atoms with Crippen LogP contribution >= 0.6 is 11.3 Å². The van der Waals surface area contributed by atoms with Crippen LogP contribution < -0.4 is 5.32 Å². The molecule has 0 radical (unpaired) electrons. The average Bonchev–Trinajstić information content (AvgIpc) is 3.11. The van der Waals surface area contributed by atoms with Gasteiger partial charge in [-0.15, -0.1) is 21.5 Å². The summed E-state index contributed by atoms with van der Waals surface area (Å²) in [6, 6.07) is 4.38. The number of carbonyl (C=O) groups is 1. The molecule has 128 valence electrons. The van der Waals surface area contributed by atoms with Crippen molar-refractivity contribution in [1.82, 2.24) is 20.4 Å². The summed E-state index contributed by atoms with van der Waals surface area (Å²) < 4.78 is 5.85. The van der Waals surface area contributed by atoms with Gasteiger partial charge in [0.2, 0.25) is 11.8 Å². The van der Waals surface area contributed by atoms with Gasteiger partial charge >= 0.3 is 0 Å². The number of likely N-dealkylation sites (tertiary alicyclic amines) is 1. The molecule has 1 atom stereocenters. The number of amides is 1. The molecule has 1 amide bonds. The zero-order valence-corrected chi connectivity index (χ0v) is 14.6. The molecule has 6 nitrogen and oxygen atoms in total. The summed E-state index contributed by atoms with van der Waals surface area (Å²) in [5.41, 5.74) is 0. The Morgan fingerprint density at radius 2 is 2.12 bits per heavy atom. The molecule has 2 aliphatic rings. The number of carbonyl (C=O) groups excluding carboxylic acids is 1. The van der Waals surface area contributed by atoms with Gasteiger partial charge in [0.15, 0.2) is 0 Å². The van der Waals surface area contributed by atoms with E-state index in [4.69, 9.17) is 4.42 Å². The van der Waals surface area contributed by atoms with Crippen molar-refractivity contribution in [3.63, 3.8) is 0 Å². The Labute approximate surface area is 145 Å². The van der Waals surface area contributed by atoms with Gasteiger partial charge in [-0.3, -0.25) is 9.69 Å². The number of nitrogens with zero attached hydrogens (tertiary/aromatic N) is 3. The molecular formula is C17H22N4O2S. The maximum absolute atomic E-state index is 11.9. The van der Waals surface area contributed by atoms with Crippen LogP contribution in [0.25, 0.3) is 10.8 Å². The molecule has 1 unspecified atom stereocenters. The van der Waals surface area contributed by atoms with E-state index in [0.717, 1.165) is 43.6 Å². The molecule has 2 aromatic rings. The van der Waals surface area contributed by atoms with Crippen molar-refractivity contribution in [2.24, 2.45) is 5.92 Å². The average molecular weight is 346 g/mol. The standard InChI is InChI=1S/C17H22N4O2S/c1-11(16-19-20-17(23-16)14-3-2-10-24-14)21-8-6-13(7-9-21)18-15(22)12-4-5-12/h2-3,10-13H,4-9H2,1H3,(H,18,22). The monoisotopic (exact) mass is 346 g/mol. The lowest BCUT2D eigenvalue weighted by molar-refractivity contribution is -0.123. The fourth-order valence-electron chi connectivity index (χ4n) is 3.16. The van der Waals surface area contributed by atoms with Crippen LogP contribution in [0.1, 0.15) is 44.5 Å². The summed E-state index contributed by atoms with van der Waals surface area (Å²) in [7, 11) is 0. The van der Waals surface area contributed by atoms with Crippen LogP contribution in [0.15, 0.2) is 21.9 Å². The van der Waals surface area contributed by atoms with Crippen molar-refractivity contribution in [1.29, 1.82) is 0 Å². The number of hydrogen-bond donors (Lipinski definition) is 1. The van der Waals surface area contributed by atoms with Crippen LogP contribution in [-0.2, 0) is 4.79 Å². The molecule has 24 heavy (non-hydrogen) atoms. The summed E-state index contributed by atoms with van der Waals surface area (Å²) in [4.78, 5) is 15.2. The molecule has 2 fully saturated rings. The SMILES string of the molecule is CC(c1nnc(-c2cccs2)o1)N1CCC(NC(=O)C2CC2)CC1. The van der Waals surface area contributed by atoms with E-state index in [1.165, 1.54) is 0 Å². The highest BCUT2D eigenvalue weighted by atomic mass is 32.1. The van der Waals surface area contributed by atoms with Gasteiger partial charge in [0, 0.05) is 25.0 Å². The first kappa shape index (κ1) is 15.8. The van der Waals surface area contributed by atoms with Crippen molar-refractivity contribution in [2.75, 3.05) is 13.1 Å². The van der Waals surface area contributed by atoms with E-state index in [-0.39, 0.29) is 17.9 Å². The first-order valence-electron chi connectivity index (χ1n) is 8.62. The topological polar surface area (TPSA) is 71.3 Å². The van der Waals surface area contributed by atoms with E-state index in [9.17, 15) is 4.79 Å². The molecule has 0 spiro atoms. The Hall–Kier alpha value is -1.73. The van der Waals surface area contributed by atoms with Crippen LogP contribution in [0.3, 0.4) is 0 Å². The second kappa shape index (κ2) is 6.64. The lowest BCUT2D eigenvalue weighted by Crippen LogP contribution is -2.45. The zero-order chi connectivity index (χ0) is 16.5. The zero-order valence-electron chi connectivity index (χ0n) is 13.8. The predicted octanol–water partition coefficient (Wildman–Crippen LogP) is 2.85. The van der Waals surface area contributed by atoms with E-state index in [2.05, 4.69) is 27.3 Å². The largest absolute Gasteiger partial charge is 0.418 e. The molecule has 4 rings (SSSR count). The molecule has 1 aliphatic carbocycles. The third-order valence-corrected chi connectivity index (χ3v) is 5.76. The third kappa shape index (κ3) is 3.37. The summed E-state index contributed by atoms with van der Waals surface area (Å²) in [5, 5.41) is 13.6. The molecule has 1 N–H and O–H groups in total. The van der Waals surface area contributed by atoms with Crippen molar-refractivity contribution >= 4 is 17.2 Å². The number of thiophene rings is 1. The second-order valence-corrected chi connectivity index (χ2v) is 7.64. The van der Waals surface area contributed by atoms with Gasteiger partial charge in [0.1, 0.15) is 0 Å². The predicted molar refractivity (Wildman–Crippen MR) is 91.5 cm³/mol. The van der Waals surface area contributed by atoms with E-state index in [0.29, 0.717) is 17.8 Å². The maximum Gasteiger partial charge on any atom is 0.257 e. The highest BCUT2D eigenvalue weighted by Crippen LogP contribution is 2.30. The lowest BCUT2D eigenvalue weighted by Gasteiger charge is -2.34. The molecule has 0 bridgehead atoms. The smallest absolute Gasteiger partial charge is 0.257 e. The number of hydrogen-bond acceptors (Lipinski definition) is 6. The van der Waals surface area contributed by atoms with Gasteiger partial charge in [-0.25, -0.2) is 0 Å². The number of aromatic nitrogens is 2. The normalized spacial score (nSPS) is 20.9. The lowest BCUT2D eigenvalue weighted by atomic mass is 10.0. The maximum atomic E-state index is 11.9. The highest BCUT2D eigenvalue weighted by Gasteiger charge is 2.33. The van der Waals surface area contributed by atoms with Crippen LogP contribution in [0.4, 0.5) is 0 Å². The Morgan fingerprint density at radius 3 is 2.79 bits per heavy atom. The minimum absolute atomic E-state index is 0.103. The number of nitrogens with one attached hydrogen (secondary N) is 1. The summed E-state index contributed by atoms with van der Waals surface area (Å²) in [5.74, 6) is 1.80. The Balaban J connectivity index is 1.32. The number of rotatable bonds is 5. The summed E-state index contributed by atoms with van der Waals surface area (Å²) >= 11 is 1.60. The van der Waals surface area contributed by atoms with Crippen LogP contribution in [-0.4, -0.2) is 40.1 Å². The van der Waals surface area contributed by atoms with Gasteiger partial charge in [0.05, 0.1) is 10.9 Å². The molecule has 1 saturated carbocycles. The van der Waals surface area contributed by atoms with Gasteiger partial charge in [-0.05, 0) is 44.1 Å². The van der Waals surface area contributed by atoms with Crippen molar-refractivity contribution < 1.29 is 9.21 Å². The van der Waals surface area contributed by atoms with Gasteiger partial charge in [-0.2, -0.15) is 0 Å². The van der Waals surface area contributed by atoms with Crippen LogP contribution in [0.2, 0.25) is 0 Å². The first-order chi connectivity index (χ1) is 11.7.